The van der Waals surface area contributed by atoms with Gasteiger partial charge in [0.05, 0.1) is 6.10 Å². The molecule has 0 bridgehead atoms. The Hall–Kier alpha value is -2.33. The van der Waals surface area contributed by atoms with Gasteiger partial charge in [-0.1, -0.05) is 58.9 Å². The molecule has 4 heteroatoms. The standard InChI is InChI=1S/C29H42O4/c1-10-29(11-2,23-12-14-25(20(3)16-23)32-18-22(5)31-9)24-13-15-26(21(4)17-24)33-19-27(30)28(6,7)8/h12-17,22H,10-11,18-19H2,1-9H3. The van der Waals surface area contributed by atoms with Gasteiger partial charge in [0.15, 0.2) is 5.78 Å². The van der Waals surface area contributed by atoms with Crippen LogP contribution in [0.5, 0.6) is 11.5 Å². The molecule has 2 rings (SSSR count). The molecule has 2 aromatic rings. The first kappa shape index (κ1) is 26.9. The largest absolute Gasteiger partial charge is 0.491 e. The lowest BCUT2D eigenvalue weighted by atomic mass is 9.70. The topological polar surface area (TPSA) is 44.8 Å². The number of carbonyl (C=O) groups is 1. The first-order valence-corrected chi connectivity index (χ1v) is 12.0. The molecule has 2 aromatic carbocycles. The highest BCUT2D eigenvalue weighted by Crippen LogP contribution is 2.41. The van der Waals surface area contributed by atoms with Gasteiger partial charge in [-0.25, -0.2) is 0 Å². The summed E-state index contributed by atoms with van der Waals surface area (Å²) in [5.41, 5.74) is 4.22. The molecule has 0 heterocycles. The zero-order valence-corrected chi connectivity index (χ0v) is 22.0. The molecule has 4 nitrogen and oxygen atoms in total. The number of ketones is 1. The SMILES string of the molecule is CCC(CC)(c1ccc(OCC(=O)C(C)(C)C)c(C)c1)c1ccc(OCC(C)OC)c(C)c1. The van der Waals surface area contributed by atoms with Crippen molar-refractivity contribution in [2.45, 2.75) is 79.8 Å². The van der Waals surface area contributed by atoms with Crippen LogP contribution in [0.25, 0.3) is 0 Å². The molecule has 33 heavy (non-hydrogen) atoms. The second-order valence-electron chi connectivity index (χ2n) is 10.1. The van der Waals surface area contributed by atoms with Gasteiger partial charge >= 0.3 is 0 Å². The Bertz CT molecular complexity index is 935. The predicted molar refractivity (Wildman–Crippen MR) is 136 cm³/mol. The fourth-order valence-corrected chi connectivity index (χ4v) is 4.09. The van der Waals surface area contributed by atoms with E-state index >= 15 is 0 Å². The second kappa shape index (κ2) is 11.2. The molecular formula is C29H42O4. The van der Waals surface area contributed by atoms with Crippen LogP contribution in [-0.2, 0) is 14.9 Å². The highest BCUT2D eigenvalue weighted by molar-refractivity contribution is 5.85. The van der Waals surface area contributed by atoms with Crippen molar-refractivity contribution in [2.24, 2.45) is 5.41 Å². The van der Waals surface area contributed by atoms with Crippen LogP contribution < -0.4 is 9.47 Å². The van der Waals surface area contributed by atoms with E-state index in [1.165, 1.54) is 11.1 Å². The second-order valence-corrected chi connectivity index (χ2v) is 10.1. The van der Waals surface area contributed by atoms with Crippen molar-refractivity contribution in [1.29, 1.82) is 0 Å². The molecular weight excluding hydrogens is 412 g/mol. The summed E-state index contributed by atoms with van der Waals surface area (Å²) in [6, 6.07) is 12.9. The number of carbonyl (C=O) groups excluding carboxylic acids is 1. The third kappa shape index (κ3) is 6.38. The number of hydrogen-bond donors (Lipinski definition) is 0. The van der Waals surface area contributed by atoms with E-state index < -0.39 is 5.41 Å². The lowest BCUT2D eigenvalue weighted by Crippen LogP contribution is -2.27. The average molecular weight is 455 g/mol. The van der Waals surface area contributed by atoms with Crippen LogP contribution in [0.15, 0.2) is 36.4 Å². The number of rotatable bonds is 11. The van der Waals surface area contributed by atoms with Crippen molar-refractivity contribution < 1.29 is 19.0 Å². The summed E-state index contributed by atoms with van der Waals surface area (Å²) in [6.07, 6.45) is 2.01. The van der Waals surface area contributed by atoms with Crippen LogP contribution in [0.1, 0.15) is 76.6 Å². The monoisotopic (exact) mass is 454 g/mol. The van der Waals surface area contributed by atoms with Crippen molar-refractivity contribution in [2.75, 3.05) is 20.3 Å². The number of hydrogen-bond acceptors (Lipinski definition) is 4. The lowest BCUT2D eigenvalue weighted by molar-refractivity contribution is -0.128. The van der Waals surface area contributed by atoms with E-state index in [9.17, 15) is 4.79 Å². The van der Waals surface area contributed by atoms with Gasteiger partial charge in [0.1, 0.15) is 24.7 Å². The lowest BCUT2D eigenvalue weighted by Gasteiger charge is -2.34. The quantitative estimate of drug-likeness (QED) is 0.374. The van der Waals surface area contributed by atoms with Crippen LogP contribution in [0.2, 0.25) is 0 Å². The fraction of sp³-hybridized carbons (Fsp3) is 0.552. The van der Waals surface area contributed by atoms with Crippen molar-refractivity contribution >= 4 is 5.78 Å². The molecule has 0 spiro atoms. The molecule has 0 aliphatic carbocycles. The van der Waals surface area contributed by atoms with Gasteiger partial charge < -0.3 is 14.2 Å². The smallest absolute Gasteiger partial charge is 0.175 e. The van der Waals surface area contributed by atoms with Gasteiger partial charge in [-0.05, 0) is 68.0 Å². The minimum absolute atomic E-state index is 0.0526. The summed E-state index contributed by atoms with van der Waals surface area (Å²) < 4.78 is 17.1. The van der Waals surface area contributed by atoms with Crippen LogP contribution in [-0.4, -0.2) is 32.2 Å². The first-order chi connectivity index (χ1) is 15.5. The molecule has 0 saturated carbocycles. The average Bonchev–Trinajstić information content (AvgIpc) is 2.78. The minimum Gasteiger partial charge on any atom is -0.491 e. The highest BCUT2D eigenvalue weighted by atomic mass is 16.5. The van der Waals surface area contributed by atoms with Crippen LogP contribution >= 0.6 is 0 Å². The first-order valence-electron chi connectivity index (χ1n) is 12.0. The number of aryl methyl sites for hydroxylation is 2. The molecule has 1 unspecified atom stereocenters. The zero-order chi connectivity index (χ0) is 24.8. The molecule has 0 aliphatic heterocycles. The third-order valence-corrected chi connectivity index (χ3v) is 6.73. The number of ether oxygens (including phenoxy) is 3. The summed E-state index contributed by atoms with van der Waals surface area (Å²) in [7, 11) is 1.70. The number of benzene rings is 2. The molecule has 1 atom stereocenters. The molecule has 182 valence electrons. The molecule has 0 fully saturated rings. The zero-order valence-electron chi connectivity index (χ0n) is 22.0. The van der Waals surface area contributed by atoms with Crippen LogP contribution in [0.3, 0.4) is 0 Å². The maximum atomic E-state index is 12.3. The van der Waals surface area contributed by atoms with Gasteiger partial charge in [0.25, 0.3) is 0 Å². The van der Waals surface area contributed by atoms with E-state index in [0.717, 1.165) is 35.5 Å². The molecule has 0 radical (unpaired) electrons. The van der Waals surface area contributed by atoms with Gasteiger partial charge in [0, 0.05) is 17.9 Å². The van der Waals surface area contributed by atoms with E-state index in [1.54, 1.807) is 7.11 Å². The molecule has 0 N–H and O–H groups in total. The van der Waals surface area contributed by atoms with Crippen molar-refractivity contribution in [1.82, 2.24) is 0 Å². The Morgan fingerprint density at radius 1 is 0.879 bits per heavy atom. The molecule has 0 amide bonds. The Morgan fingerprint density at radius 3 is 1.76 bits per heavy atom. The molecule has 0 aromatic heterocycles. The summed E-state index contributed by atoms with van der Waals surface area (Å²) in [5, 5.41) is 0. The number of Topliss-reactive ketones (excluding diaryl/α,β-unsaturated/α-hetero) is 1. The van der Waals surface area contributed by atoms with Gasteiger partial charge in [-0.15, -0.1) is 0 Å². The molecule has 0 aliphatic rings. The molecule has 0 saturated heterocycles. The summed E-state index contributed by atoms with van der Waals surface area (Å²) in [6.45, 7) is 17.0. The van der Waals surface area contributed by atoms with E-state index in [-0.39, 0.29) is 23.9 Å². The van der Waals surface area contributed by atoms with Crippen molar-refractivity contribution in [3.8, 4) is 11.5 Å². The number of methoxy groups -OCH3 is 1. The summed E-state index contributed by atoms with van der Waals surface area (Å²) in [5.74, 6) is 1.76. The van der Waals surface area contributed by atoms with E-state index in [1.807, 2.05) is 33.8 Å². The van der Waals surface area contributed by atoms with E-state index in [4.69, 9.17) is 14.2 Å². The van der Waals surface area contributed by atoms with Gasteiger partial charge in [-0.3, -0.25) is 4.79 Å². The highest BCUT2D eigenvalue weighted by Gasteiger charge is 2.32. The summed E-state index contributed by atoms with van der Waals surface area (Å²) >= 11 is 0. The maximum Gasteiger partial charge on any atom is 0.175 e. The Morgan fingerprint density at radius 2 is 1.36 bits per heavy atom. The Labute approximate surface area is 200 Å². The van der Waals surface area contributed by atoms with Crippen molar-refractivity contribution in [3.63, 3.8) is 0 Å². The van der Waals surface area contributed by atoms with Crippen LogP contribution in [0.4, 0.5) is 0 Å². The van der Waals surface area contributed by atoms with Gasteiger partial charge in [-0.2, -0.15) is 0 Å². The predicted octanol–water partition coefficient (Wildman–Crippen LogP) is 6.82. The fourth-order valence-electron chi connectivity index (χ4n) is 4.09. The van der Waals surface area contributed by atoms with Gasteiger partial charge in [0.2, 0.25) is 0 Å². The van der Waals surface area contributed by atoms with E-state index in [2.05, 4.69) is 58.0 Å². The Kier molecular flexibility index (Phi) is 9.13. The third-order valence-electron chi connectivity index (χ3n) is 6.73. The maximum absolute atomic E-state index is 12.3. The van der Waals surface area contributed by atoms with Crippen molar-refractivity contribution in [3.05, 3.63) is 58.7 Å². The summed E-state index contributed by atoms with van der Waals surface area (Å²) in [4.78, 5) is 12.3. The van der Waals surface area contributed by atoms with E-state index in [0.29, 0.717) is 6.61 Å². The van der Waals surface area contributed by atoms with Crippen LogP contribution in [0, 0.1) is 19.3 Å². The minimum atomic E-state index is -0.400. The normalized spacial score (nSPS) is 13.0. The Balaban J connectivity index is 2.32.